The van der Waals surface area contributed by atoms with Crippen molar-refractivity contribution >= 4 is 27.8 Å². The van der Waals surface area contributed by atoms with E-state index in [9.17, 15) is 15.0 Å². The number of benzene rings is 3. The average molecular weight is 403 g/mol. The fraction of sp³-hybridized carbons (Fsp3) is 0.167. The number of fused-ring (bicyclic) bond motifs is 2. The van der Waals surface area contributed by atoms with Crippen molar-refractivity contribution in [3.05, 3.63) is 70.8 Å². The van der Waals surface area contributed by atoms with E-state index in [1.807, 2.05) is 13.8 Å². The van der Waals surface area contributed by atoms with Crippen LogP contribution in [0.15, 0.2) is 48.5 Å². The van der Waals surface area contributed by atoms with E-state index in [0.717, 1.165) is 38.5 Å². The van der Waals surface area contributed by atoms with Crippen LogP contribution in [-0.2, 0) is 11.3 Å². The van der Waals surface area contributed by atoms with Crippen LogP contribution in [0.1, 0.15) is 27.0 Å². The number of esters is 1. The second-order valence-electron chi connectivity index (χ2n) is 7.21. The van der Waals surface area contributed by atoms with E-state index in [0.29, 0.717) is 11.3 Å². The van der Waals surface area contributed by atoms with Gasteiger partial charge in [-0.25, -0.2) is 9.78 Å². The Bertz CT molecular complexity index is 1210. The number of aryl methyl sites for hydroxylation is 2. The second kappa shape index (κ2) is 7.55. The number of nitrogens with zero attached hydrogens (tertiary/aromatic N) is 1. The number of carbonyl (C=O) groups excluding carboxylic acids is 1. The van der Waals surface area contributed by atoms with Crippen LogP contribution in [0.3, 0.4) is 0 Å². The molecule has 30 heavy (non-hydrogen) atoms. The molecule has 1 heterocycles. The highest BCUT2D eigenvalue weighted by molar-refractivity contribution is 5.98. The third-order valence-electron chi connectivity index (χ3n) is 5.09. The second-order valence-corrected chi connectivity index (χ2v) is 7.21. The van der Waals surface area contributed by atoms with Crippen molar-refractivity contribution in [2.24, 2.45) is 0 Å². The normalized spacial score (nSPS) is 11.0. The Morgan fingerprint density at radius 3 is 1.93 bits per heavy atom. The molecule has 6 heteroatoms. The van der Waals surface area contributed by atoms with E-state index in [2.05, 4.69) is 4.98 Å². The molecule has 0 atom stereocenters. The molecule has 0 fully saturated rings. The van der Waals surface area contributed by atoms with E-state index in [4.69, 9.17) is 9.47 Å². The molecule has 4 aromatic rings. The van der Waals surface area contributed by atoms with Crippen molar-refractivity contribution in [2.75, 3.05) is 7.11 Å². The van der Waals surface area contributed by atoms with E-state index < -0.39 is 5.97 Å². The van der Waals surface area contributed by atoms with Crippen molar-refractivity contribution in [2.45, 2.75) is 20.5 Å². The Morgan fingerprint density at radius 2 is 1.43 bits per heavy atom. The molecule has 0 saturated carbocycles. The number of methoxy groups -OCH3 is 1. The first-order valence-corrected chi connectivity index (χ1v) is 9.44. The summed E-state index contributed by atoms with van der Waals surface area (Å²) >= 11 is 0. The van der Waals surface area contributed by atoms with Gasteiger partial charge in [0.2, 0.25) is 0 Å². The summed E-state index contributed by atoms with van der Waals surface area (Å²) in [6.45, 7) is 3.94. The molecule has 0 radical (unpaired) electrons. The highest BCUT2D eigenvalue weighted by Crippen LogP contribution is 2.33. The number of phenolic OH excluding ortho intramolecular Hbond substituents is 2. The molecule has 0 amide bonds. The van der Waals surface area contributed by atoms with Crippen LogP contribution in [0.5, 0.6) is 17.2 Å². The molecule has 0 unspecified atom stereocenters. The van der Waals surface area contributed by atoms with Crippen molar-refractivity contribution in [1.82, 2.24) is 4.98 Å². The zero-order valence-corrected chi connectivity index (χ0v) is 16.9. The van der Waals surface area contributed by atoms with Crippen LogP contribution in [0, 0.1) is 13.8 Å². The lowest BCUT2D eigenvalue weighted by molar-refractivity contribution is 0.0600. The summed E-state index contributed by atoms with van der Waals surface area (Å²) in [5.74, 6) is 0.519. The number of aromatic hydroxyl groups is 2. The summed E-state index contributed by atoms with van der Waals surface area (Å²) in [4.78, 5) is 16.5. The van der Waals surface area contributed by atoms with Crippen molar-refractivity contribution in [3.63, 3.8) is 0 Å². The van der Waals surface area contributed by atoms with Gasteiger partial charge in [-0.1, -0.05) is 0 Å². The first-order valence-electron chi connectivity index (χ1n) is 9.44. The minimum Gasteiger partial charge on any atom is -0.508 e. The molecule has 0 aliphatic carbocycles. The molecular weight excluding hydrogens is 382 g/mol. The first-order chi connectivity index (χ1) is 14.4. The molecule has 0 saturated heterocycles. The first kappa shape index (κ1) is 19.5. The molecule has 2 N–H and O–H groups in total. The zero-order chi connectivity index (χ0) is 21.4. The van der Waals surface area contributed by atoms with E-state index in [-0.39, 0.29) is 18.1 Å². The molecule has 4 rings (SSSR count). The third-order valence-corrected chi connectivity index (χ3v) is 5.09. The monoisotopic (exact) mass is 403 g/mol. The molecule has 0 aliphatic heterocycles. The number of hydrogen-bond acceptors (Lipinski definition) is 6. The number of phenols is 2. The van der Waals surface area contributed by atoms with Gasteiger partial charge < -0.3 is 19.7 Å². The molecule has 0 bridgehead atoms. The number of aromatic nitrogens is 1. The van der Waals surface area contributed by atoms with Gasteiger partial charge in [-0.2, -0.15) is 0 Å². The Balaban J connectivity index is 1.81. The predicted molar refractivity (Wildman–Crippen MR) is 114 cm³/mol. The molecule has 152 valence electrons. The Morgan fingerprint density at radius 1 is 0.900 bits per heavy atom. The van der Waals surface area contributed by atoms with Crippen molar-refractivity contribution in [3.8, 4) is 17.2 Å². The fourth-order valence-electron chi connectivity index (χ4n) is 3.71. The van der Waals surface area contributed by atoms with Gasteiger partial charge >= 0.3 is 5.97 Å². The quantitative estimate of drug-likeness (QED) is 0.376. The number of hydrogen-bond donors (Lipinski definition) is 2. The molecule has 3 aromatic carbocycles. The summed E-state index contributed by atoms with van der Waals surface area (Å²) in [5, 5.41) is 21.5. The predicted octanol–water partition coefficient (Wildman–Crippen LogP) is 4.78. The SMILES string of the molecule is COC(=O)c1cc(C)c(OCc2c3cc(O)ccc3nc3ccc(O)cc23)c(C)c1. The average Bonchev–Trinajstić information content (AvgIpc) is 2.72. The molecule has 6 nitrogen and oxygen atoms in total. The van der Waals surface area contributed by atoms with Gasteiger partial charge in [-0.3, -0.25) is 0 Å². The maximum atomic E-state index is 11.8. The highest BCUT2D eigenvalue weighted by Gasteiger charge is 2.15. The minimum absolute atomic E-state index is 0.125. The minimum atomic E-state index is -0.398. The number of pyridine rings is 1. The lowest BCUT2D eigenvalue weighted by atomic mass is 10.0. The van der Waals surface area contributed by atoms with Gasteiger partial charge in [-0.05, 0) is 73.5 Å². The Labute approximate surface area is 173 Å². The summed E-state index contributed by atoms with van der Waals surface area (Å²) in [7, 11) is 1.35. The maximum Gasteiger partial charge on any atom is 0.337 e. The van der Waals surface area contributed by atoms with Crippen LogP contribution in [0.4, 0.5) is 0 Å². The number of rotatable bonds is 4. The van der Waals surface area contributed by atoms with Gasteiger partial charge in [0, 0.05) is 16.3 Å². The van der Waals surface area contributed by atoms with Crippen LogP contribution >= 0.6 is 0 Å². The lowest BCUT2D eigenvalue weighted by Crippen LogP contribution is -2.05. The molecule has 1 aromatic heterocycles. The Kier molecular flexibility index (Phi) is 4.91. The summed E-state index contributed by atoms with van der Waals surface area (Å²) in [6, 6.07) is 13.4. The van der Waals surface area contributed by atoms with Gasteiger partial charge in [0.05, 0.1) is 23.7 Å². The van der Waals surface area contributed by atoms with Gasteiger partial charge in [-0.15, -0.1) is 0 Å². The summed E-state index contributed by atoms with van der Waals surface area (Å²) < 4.78 is 11.0. The molecule has 0 aliphatic rings. The topological polar surface area (TPSA) is 88.9 Å². The standard InChI is InChI=1S/C24H21NO5/c1-13-8-15(24(28)29-3)9-14(2)23(13)30-12-20-18-10-16(26)4-6-21(18)25-22-7-5-17(27)11-19(20)22/h4-11,26-27H,12H2,1-3H3. The van der Waals surface area contributed by atoms with Gasteiger partial charge in [0.1, 0.15) is 23.9 Å². The number of ether oxygens (including phenoxy) is 2. The van der Waals surface area contributed by atoms with Gasteiger partial charge in [0.25, 0.3) is 0 Å². The van der Waals surface area contributed by atoms with E-state index in [1.54, 1.807) is 48.5 Å². The third kappa shape index (κ3) is 3.48. The van der Waals surface area contributed by atoms with Crippen molar-refractivity contribution in [1.29, 1.82) is 0 Å². The van der Waals surface area contributed by atoms with Crippen LogP contribution in [0.25, 0.3) is 21.8 Å². The van der Waals surface area contributed by atoms with E-state index in [1.165, 1.54) is 7.11 Å². The largest absolute Gasteiger partial charge is 0.508 e. The van der Waals surface area contributed by atoms with E-state index >= 15 is 0 Å². The van der Waals surface area contributed by atoms with Gasteiger partial charge in [0.15, 0.2) is 0 Å². The lowest BCUT2D eigenvalue weighted by Gasteiger charge is -2.16. The Hall–Kier alpha value is -3.80. The smallest absolute Gasteiger partial charge is 0.337 e. The van der Waals surface area contributed by atoms with Crippen LogP contribution in [-0.4, -0.2) is 28.3 Å². The van der Waals surface area contributed by atoms with Crippen LogP contribution in [0.2, 0.25) is 0 Å². The maximum absolute atomic E-state index is 11.8. The number of carbonyl (C=O) groups is 1. The zero-order valence-electron chi connectivity index (χ0n) is 16.9. The van der Waals surface area contributed by atoms with Crippen molar-refractivity contribution < 1.29 is 24.5 Å². The molecule has 0 spiro atoms. The summed E-state index contributed by atoms with van der Waals surface area (Å²) in [5.41, 5.74) is 4.33. The molecular formula is C24H21NO5. The fourth-order valence-corrected chi connectivity index (χ4v) is 3.71. The summed E-state index contributed by atoms with van der Waals surface area (Å²) in [6.07, 6.45) is 0. The van der Waals surface area contributed by atoms with Crippen LogP contribution < -0.4 is 4.74 Å². The highest BCUT2D eigenvalue weighted by atomic mass is 16.5.